The lowest BCUT2D eigenvalue weighted by atomic mass is 10.1. The van der Waals surface area contributed by atoms with Crippen molar-refractivity contribution in [2.24, 2.45) is 5.92 Å². The molecule has 0 aromatic rings. The summed E-state index contributed by atoms with van der Waals surface area (Å²) < 4.78 is 5.25. The molecule has 1 unspecified atom stereocenters. The van der Waals surface area contributed by atoms with E-state index >= 15 is 0 Å². The predicted octanol–water partition coefficient (Wildman–Crippen LogP) is 0.818. The van der Waals surface area contributed by atoms with Crippen LogP contribution in [0.5, 0.6) is 0 Å². The van der Waals surface area contributed by atoms with Crippen LogP contribution >= 0.6 is 0 Å². The topological polar surface area (TPSA) is 70.0 Å². The molecule has 0 saturated carbocycles. The molecule has 0 aliphatic rings. The predicted molar refractivity (Wildman–Crippen MR) is 66.1 cm³/mol. The molecule has 0 saturated heterocycles. The third-order valence-electron chi connectivity index (χ3n) is 2.55. The highest BCUT2D eigenvalue weighted by molar-refractivity contribution is 5.69. The first kappa shape index (κ1) is 16.4. The normalized spacial score (nSPS) is 12.9. The van der Waals surface area contributed by atoms with Gasteiger partial charge in [0.25, 0.3) is 0 Å². The average Bonchev–Trinajstić information content (AvgIpc) is 2.30. The van der Waals surface area contributed by atoms with Gasteiger partial charge in [-0.3, -0.25) is 4.79 Å². The van der Waals surface area contributed by atoms with Crippen molar-refractivity contribution in [3.63, 3.8) is 0 Å². The molecular formula is C12H25NO4. The molecule has 0 aliphatic carbocycles. The van der Waals surface area contributed by atoms with E-state index in [1.165, 1.54) is 0 Å². The Morgan fingerprint density at radius 1 is 1.35 bits per heavy atom. The lowest BCUT2D eigenvalue weighted by molar-refractivity contribution is -0.141. The van der Waals surface area contributed by atoms with Crippen molar-refractivity contribution in [2.75, 3.05) is 39.5 Å². The molecule has 102 valence electrons. The molecule has 0 aromatic carbocycles. The van der Waals surface area contributed by atoms with E-state index in [0.29, 0.717) is 26.2 Å². The highest BCUT2D eigenvalue weighted by Crippen LogP contribution is 2.03. The summed E-state index contributed by atoms with van der Waals surface area (Å²) in [6, 6.07) is 0. The zero-order valence-electron chi connectivity index (χ0n) is 10.9. The maximum Gasteiger partial charge on any atom is 0.307 e. The van der Waals surface area contributed by atoms with Crippen molar-refractivity contribution in [3.05, 3.63) is 0 Å². The van der Waals surface area contributed by atoms with Gasteiger partial charge in [-0.15, -0.1) is 0 Å². The van der Waals surface area contributed by atoms with Gasteiger partial charge in [-0.2, -0.15) is 0 Å². The summed E-state index contributed by atoms with van der Waals surface area (Å²) in [6.07, 6.45) is 1.58. The van der Waals surface area contributed by atoms with E-state index in [4.69, 9.17) is 14.9 Å². The quantitative estimate of drug-likeness (QED) is 0.529. The summed E-state index contributed by atoms with van der Waals surface area (Å²) in [5.41, 5.74) is 0. The number of aliphatic hydroxyl groups excluding tert-OH is 1. The van der Waals surface area contributed by atoms with Crippen molar-refractivity contribution in [2.45, 2.75) is 26.7 Å². The van der Waals surface area contributed by atoms with Crippen LogP contribution in [0.3, 0.4) is 0 Å². The number of carbonyl (C=O) groups is 1. The fourth-order valence-electron chi connectivity index (χ4n) is 1.59. The fourth-order valence-corrected chi connectivity index (χ4v) is 1.59. The number of ether oxygens (including phenoxy) is 1. The van der Waals surface area contributed by atoms with Crippen LogP contribution in [0, 0.1) is 5.92 Å². The van der Waals surface area contributed by atoms with Gasteiger partial charge in [-0.25, -0.2) is 0 Å². The Morgan fingerprint density at radius 3 is 2.53 bits per heavy atom. The van der Waals surface area contributed by atoms with Gasteiger partial charge in [-0.05, 0) is 19.8 Å². The number of hydrogen-bond acceptors (Lipinski definition) is 4. The van der Waals surface area contributed by atoms with E-state index in [0.717, 1.165) is 19.5 Å². The number of nitrogens with zero attached hydrogens (tertiary/aromatic N) is 1. The molecule has 0 aliphatic heterocycles. The minimum Gasteiger partial charge on any atom is -0.481 e. The summed E-state index contributed by atoms with van der Waals surface area (Å²) in [5.74, 6) is -1.15. The first-order valence-corrected chi connectivity index (χ1v) is 6.25. The minimum absolute atomic E-state index is 0.142. The SMILES string of the molecule is CCOCCCN(CCCO)CC(C)C(=O)O. The Balaban J connectivity index is 3.90. The molecule has 1 atom stereocenters. The van der Waals surface area contributed by atoms with Crippen LogP contribution in [-0.2, 0) is 9.53 Å². The number of hydrogen-bond donors (Lipinski definition) is 2. The second-order valence-electron chi connectivity index (χ2n) is 4.17. The van der Waals surface area contributed by atoms with E-state index in [2.05, 4.69) is 4.90 Å². The van der Waals surface area contributed by atoms with Crippen LogP contribution in [0.2, 0.25) is 0 Å². The largest absolute Gasteiger partial charge is 0.481 e. The molecule has 2 N–H and O–H groups in total. The van der Waals surface area contributed by atoms with Gasteiger partial charge in [0.1, 0.15) is 0 Å². The van der Waals surface area contributed by atoms with Crippen LogP contribution in [-0.4, -0.2) is 60.5 Å². The molecule has 0 aromatic heterocycles. The summed E-state index contributed by atoms with van der Waals surface area (Å²) in [6.45, 7) is 7.30. The highest BCUT2D eigenvalue weighted by Gasteiger charge is 2.15. The Kier molecular flexibility index (Phi) is 10.1. The summed E-state index contributed by atoms with van der Waals surface area (Å²) in [4.78, 5) is 12.9. The van der Waals surface area contributed by atoms with Crippen LogP contribution in [0.4, 0.5) is 0 Å². The molecule has 0 heterocycles. The van der Waals surface area contributed by atoms with Crippen molar-refractivity contribution >= 4 is 5.97 Å². The second-order valence-corrected chi connectivity index (χ2v) is 4.17. The van der Waals surface area contributed by atoms with E-state index in [-0.39, 0.29) is 12.5 Å². The zero-order chi connectivity index (χ0) is 13.1. The standard InChI is InChI=1S/C12H25NO4/c1-3-17-9-5-7-13(6-4-8-14)10-11(2)12(15)16/h11,14H,3-10H2,1-2H3,(H,15,16). The van der Waals surface area contributed by atoms with Crippen molar-refractivity contribution in [3.8, 4) is 0 Å². The molecule has 5 heteroatoms. The Bertz CT molecular complexity index is 199. The van der Waals surface area contributed by atoms with Crippen LogP contribution in [0.25, 0.3) is 0 Å². The molecular weight excluding hydrogens is 222 g/mol. The number of carboxylic acids is 1. The van der Waals surface area contributed by atoms with Gasteiger partial charge < -0.3 is 19.8 Å². The van der Waals surface area contributed by atoms with Crippen LogP contribution in [0.15, 0.2) is 0 Å². The molecule has 0 rings (SSSR count). The number of rotatable bonds is 11. The molecule has 0 bridgehead atoms. The molecule has 0 spiro atoms. The second kappa shape index (κ2) is 10.5. The first-order valence-electron chi connectivity index (χ1n) is 6.25. The highest BCUT2D eigenvalue weighted by atomic mass is 16.5. The molecule has 5 nitrogen and oxygen atoms in total. The summed E-state index contributed by atoms with van der Waals surface area (Å²) in [5, 5.41) is 17.7. The number of carboxylic acid groups (broad SMARTS) is 1. The van der Waals surface area contributed by atoms with Crippen LogP contribution < -0.4 is 0 Å². The van der Waals surface area contributed by atoms with Crippen molar-refractivity contribution < 1.29 is 19.7 Å². The van der Waals surface area contributed by atoms with Crippen molar-refractivity contribution in [1.29, 1.82) is 0 Å². The lowest BCUT2D eigenvalue weighted by Crippen LogP contribution is -2.34. The monoisotopic (exact) mass is 247 g/mol. The van der Waals surface area contributed by atoms with Gasteiger partial charge in [-0.1, -0.05) is 6.92 Å². The van der Waals surface area contributed by atoms with E-state index in [9.17, 15) is 4.79 Å². The minimum atomic E-state index is -0.774. The van der Waals surface area contributed by atoms with Gasteiger partial charge >= 0.3 is 5.97 Å². The molecule has 0 amide bonds. The lowest BCUT2D eigenvalue weighted by Gasteiger charge is -2.23. The Labute approximate surface area is 103 Å². The van der Waals surface area contributed by atoms with Crippen molar-refractivity contribution in [1.82, 2.24) is 4.90 Å². The first-order chi connectivity index (χ1) is 8.11. The van der Waals surface area contributed by atoms with E-state index in [1.54, 1.807) is 6.92 Å². The van der Waals surface area contributed by atoms with Gasteiger partial charge in [0.05, 0.1) is 5.92 Å². The van der Waals surface area contributed by atoms with Gasteiger partial charge in [0.2, 0.25) is 0 Å². The zero-order valence-corrected chi connectivity index (χ0v) is 10.9. The maximum absolute atomic E-state index is 10.8. The number of aliphatic hydroxyl groups is 1. The number of aliphatic carboxylic acids is 1. The van der Waals surface area contributed by atoms with E-state index < -0.39 is 5.97 Å². The fraction of sp³-hybridized carbons (Fsp3) is 0.917. The van der Waals surface area contributed by atoms with Gasteiger partial charge in [0, 0.05) is 39.5 Å². The maximum atomic E-state index is 10.8. The Morgan fingerprint density at radius 2 is 2.00 bits per heavy atom. The van der Waals surface area contributed by atoms with Gasteiger partial charge in [0.15, 0.2) is 0 Å². The summed E-state index contributed by atoms with van der Waals surface area (Å²) in [7, 11) is 0. The smallest absolute Gasteiger partial charge is 0.307 e. The third-order valence-corrected chi connectivity index (χ3v) is 2.55. The van der Waals surface area contributed by atoms with Crippen LogP contribution in [0.1, 0.15) is 26.7 Å². The molecule has 0 fully saturated rings. The Hall–Kier alpha value is -0.650. The average molecular weight is 247 g/mol. The summed E-state index contributed by atoms with van der Waals surface area (Å²) >= 11 is 0. The third kappa shape index (κ3) is 9.09. The van der Waals surface area contributed by atoms with E-state index in [1.807, 2.05) is 6.92 Å². The molecule has 0 radical (unpaired) electrons. The molecule has 17 heavy (non-hydrogen) atoms.